The Kier molecular flexibility index (Phi) is 4.22. The van der Waals surface area contributed by atoms with Gasteiger partial charge in [-0.3, -0.25) is 9.78 Å². The van der Waals surface area contributed by atoms with Crippen molar-refractivity contribution in [3.05, 3.63) is 17.6 Å². The van der Waals surface area contributed by atoms with Crippen molar-refractivity contribution in [3.63, 3.8) is 0 Å². The maximum Gasteiger partial charge on any atom is 0.305 e. The third kappa shape index (κ3) is 3.18. The number of hydrogen-bond donors (Lipinski definition) is 1. The number of aromatic nitrogens is 2. The highest BCUT2D eigenvalue weighted by Gasteiger charge is 2.11. The normalized spacial score (nSPS) is 10.2. The number of carboxylic acids is 1. The summed E-state index contributed by atoms with van der Waals surface area (Å²) in [4.78, 5) is 21.1. The molecule has 0 aliphatic rings. The van der Waals surface area contributed by atoms with Crippen LogP contribution in [-0.4, -0.2) is 34.1 Å². The Hall–Kier alpha value is -1.65. The molecular formula is C11H17N3O2. The first-order valence-corrected chi connectivity index (χ1v) is 5.31. The van der Waals surface area contributed by atoms with Crippen molar-refractivity contribution in [2.24, 2.45) is 0 Å². The lowest BCUT2D eigenvalue weighted by molar-refractivity contribution is -0.136. The largest absolute Gasteiger partial charge is 0.481 e. The fourth-order valence-corrected chi connectivity index (χ4v) is 1.47. The molecule has 0 fully saturated rings. The van der Waals surface area contributed by atoms with E-state index in [1.54, 1.807) is 6.20 Å². The van der Waals surface area contributed by atoms with E-state index >= 15 is 0 Å². The van der Waals surface area contributed by atoms with Crippen LogP contribution < -0.4 is 4.90 Å². The van der Waals surface area contributed by atoms with Crippen molar-refractivity contribution < 1.29 is 9.90 Å². The molecule has 0 unspecified atom stereocenters. The second kappa shape index (κ2) is 5.44. The monoisotopic (exact) mass is 223 g/mol. The number of aryl methyl sites for hydroxylation is 2. The van der Waals surface area contributed by atoms with Crippen molar-refractivity contribution >= 4 is 11.8 Å². The summed E-state index contributed by atoms with van der Waals surface area (Å²) in [5.41, 5.74) is 1.67. The summed E-state index contributed by atoms with van der Waals surface area (Å²) >= 11 is 0. The van der Waals surface area contributed by atoms with Gasteiger partial charge in [0, 0.05) is 19.3 Å². The minimum absolute atomic E-state index is 0.114. The molecule has 1 heterocycles. The standard InChI is InChI=1S/C11H17N3O2/c1-4-14(6-5-10(15)16)11-9(3)12-7-8(2)13-11/h7H,4-6H2,1-3H3,(H,15,16). The van der Waals surface area contributed by atoms with Crippen LogP contribution in [0.15, 0.2) is 6.20 Å². The van der Waals surface area contributed by atoms with E-state index in [1.165, 1.54) is 0 Å². The van der Waals surface area contributed by atoms with Gasteiger partial charge in [0.2, 0.25) is 0 Å². The topological polar surface area (TPSA) is 66.3 Å². The zero-order valence-corrected chi connectivity index (χ0v) is 9.90. The van der Waals surface area contributed by atoms with E-state index in [1.807, 2.05) is 25.7 Å². The average Bonchev–Trinajstić information content (AvgIpc) is 2.23. The highest BCUT2D eigenvalue weighted by Crippen LogP contribution is 2.15. The smallest absolute Gasteiger partial charge is 0.305 e. The third-order valence-corrected chi connectivity index (χ3v) is 2.33. The summed E-state index contributed by atoms with van der Waals surface area (Å²) in [6.07, 6.45) is 1.83. The van der Waals surface area contributed by atoms with Crippen LogP contribution in [0.3, 0.4) is 0 Å². The zero-order valence-electron chi connectivity index (χ0n) is 9.90. The highest BCUT2D eigenvalue weighted by molar-refractivity contribution is 5.67. The van der Waals surface area contributed by atoms with Crippen molar-refractivity contribution in [2.75, 3.05) is 18.0 Å². The van der Waals surface area contributed by atoms with Crippen LogP contribution in [0, 0.1) is 13.8 Å². The Labute approximate surface area is 95.1 Å². The number of rotatable bonds is 5. The SMILES string of the molecule is CCN(CCC(=O)O)c1nc(C)cnc1C. The molecule has 1 rings (SSSR count). The predicted molar refractivity (Wildman–Crippen MR) is 61.6 cm³/mol. The first-order valence-electron chi connectivity index (χ1n) is 5.31. The number of carbonyl (C=O) groups is 1. The molecule has 1 N–H and O–H groups in total. The molecule has 5 nitrogen and oxygen atoms in total. The third-order valence-electron chi connectivity index (χ3n) is 2.33. The molecule has 88 valence electrons. The lowest BCUT2D eigenvalue weighted by Crippen LogP contribution is -2.27. The minimum atomic E-state index is -0.795. The van der Waals surface area contributed by atoms with Gasteiger partial charge >= 0.3 is 5.97 Å². The molecule has 16 heavy (non-hydrogen) atoms. The molecule has 0 aromatic carbocycles. The molecule has 5 heteroatoms. The lowest BCUT2D eigenvalue weighted by Gasteiger charge is -2.22. The summed E-state index contributed by atoms with van der Waals surface area (Å²) in [5.74, 6) is -0.0135. The van der Waals surface area contributed by atoms with Gasteiger partial charge in [-0.25, -0.2) is 4.98 Å². The van der Waals surface area contributed by atoms with Gasteiger partial charge in [-0.05, 0) is 20.8 Å². The Morgan fingerprint density at radius 1 is 1.50 bits per heavy atom. The van der Waals surface area contributed by atoms with Gasteiger partial charge < -0.3 is 10.0 Å². The molecule has 0 saturated heterocycles. The second-order valence-electron chi connectivity index (χ2n) is 3.64. The van der Waals surface area contributed by atoms with Crippen LogP contribution in [0.4, 0.5) is 5.82 Å². The van der Waals surface area contributed by atoms with E-state index in [0.29, 0.717) is 6.54 Å². The van der Waals surface area contributed by atoms with E-state index in [9.17, 15) is 4.79 Å². The molecule has 1 aromatic heterocycles. The maximum atomic E-state index is 10.5. The van der Waals surface area contributed by atoms with Gasteiger partial charge in [0.1, 0.15) is 5.82 Å². The number of anilines is 1. The summed E-state index contributed by atoms with van der Waals surface area (Å²) < 4.78 is 0. The summed E-state index contributed by atoms with van der Waals surface area (Å²) in [6.45, 7) is 6.93. The Morgan fingerprint density at radius 2 is 2.19 bits per heavy atom. The van der Waals surface area contributed by atoms with Crippen LogP contribution in [0.25, 0.3) is 0 Å². The van der Waals surface area contributed by atoms with Gasteiger partial charge in [0.05, 0.1) is 17.8 Å². The Bertz CT molecular complexity index is 379. The van der Waals surface area contributed by atoms with Crippen LogP contribution in [0.2, 0.25) is 0 Å². The van der Waals surface area contributed by atoms with Gasteiger partial charge in [-0.15, -0.1) is 0 Å². The second-order valence-corrected chi connectivity index (χ2v) is 3.64. The van der Waals surface area contributed by atoms with Crippen LogP contribution in [0.1, 0.15) is 24.7 Å². The fraction of sp³-hybridized carbons (Fsp3) is 0.545. The van der Waals surface area contributed by atoms with E-state index in [2.05, 4.69) is 9.97 Å². The van der Waals surface area contributed by atoms with E-state index in [0.717, 1.165) is 23.8 Å². The molecule has 0 saturated carbocycles. The number of aliphatic carboxylic acids is 1. The minimum Gasteiger partial charge on any atom is -0.481 e. The molecule has 0 aliphatic heterocycles. The predicted octanol–water partition coefficient (Wildman–Crippen LogP) is 1.39. The van der Waals surface area contributed by atoms with E-state index < -0.39 is 5.97 Å². The summed E-state index contributed by atoms with van der Waals surface area (Å²) in [6, 6.07) is 0. The van der Waals surface area contributed by atoms with Crippen molar-refractivity contribution in [1.29, 1.82) is 0 Å². The van der Waals surface area contributed by atoms with Gasteiger partial charge in [-0.2, -0.15) is 0 Å². The van der Waals surface area contributed by atoms with E-state index in [-0.39, 0.29) is 6.42 Å². The molecule has 0 bridgehead atoms. The maximum absolute atomic E-state index is 10.5. The van der Waals surface area contributed by atoms with Crippen LogP contribution >= 0.6 is 0 Å². The van der Waals surface area contributed by atoms with E-state index in [4.69, 9.17) is 5.11 Å². The van der Waals surface area contributed by atoms with Crippen molar-refractivity contribution in [1.82, 2.24) is 9.97 Å². The van der Waals surface area contributed by atoms with Gasteiger partial charge in [0.15, 0.2) is 0 Å². The molecular weight excluding hydrogens is 206 g/mol. The van der Waals surface area contributed by atoms with Crippen molar-refractivity contribution in [2.45, 2.75) is 27.2 Å². The van der Waals surface area contributed by atoms with Crippen LogP contribution in [0.5, 0.6) is 0 Å². The molecule has 0 aliphatic carbocycles. The number of carboxylic acid groups (broad SMARTS) is 1. The lowest BCUT2D eigenvalue weighted by atomic mass is 10.3. The first-order chi connectivity index (χ1) is 7.54. The van der Waals surface area contributed by atoms with Crippen molar-refractivity contribution in [3.8, 4) is 0 Å². The van der Waals surface area contributed by atoms with Gasteiger partial charge in [-0.1, -0.05) is 0 Å². The number of hydrogen-bond acceptors (Lipinski definition) is 4. The molecule has 1 aromatic rings. The molecule has 0 amide bonds. The zero-order chi connectivity index (χ0) is 12.1. The van der Waals surface area contributed by atoms with Gasteiger partial charge in [0.25, 0.3) is 0 Å². The average molecular weight is 223 g/mol. The highest BCUT2D eigenvalue weighted by atomic mass is 16.4. The quantitative estimate of drug-likeness (QED) is 0.817. The molecule has 0 radical (unpaired) electrons. The Balaban J connectivity index is 2.85. The summed E-state index contributed by atoms with van der Waals surface area (Å²) in [5, 5.41) is 8.67. The molecule has 0 atom stereocenters. The fourth-order valence-electron chi connectivity index (χ4n) is 1.47. The number of nitrogens with zero attached hydrogens (tertiary/aromatic N) is 3. The van der Waals surface area contributed by atoms with Crippen LogP contribution in [-0.2, 0) is 4.79 Å². The molecule has 0 spiro atoms. The summed E-state index contributed by atoms with van der Waals surface area (Å²) in [7, 11) is 0. The Morgan fingerprint density at radius 3 is 2.75 bits per heavy atom. The first kappa shape index (κ1) is 12.4.